The highest BCUT2D eigenvalue weighted by molar-refractivity contribution is 6.13. The Labute approximate surface area is 157 Å². The number of nitrogens with two attached hydrogens (primary N) is 1. The van der Waals surface area contributed by atoms with E-state index in [9.17, 15) is 0 Å². The Kier molecular flexibility index (Phi) is 4.35. The average Bonchev–Trinajstić information content (AvgIpc) is 3.23. The van der Waals surface area contributed by atoms with Gasteiger partial charge in [-0.1, -0.05) is 11.2 Å². The molecule has 0 spiro atoms. The van der Waals surface area contributed by atoms with Gasteiger partial charge < -0.3 is 15.6 Å². The topological polar surface area (TPSA) is 112 Å². The van der Waals surface area contributed by atoms with E-state index in [1.54, 1.807) is 0 Å². The van der Waals surface area contributed by atoms with E-state index in [2.05, 4.69) is 16.5 Å². The molecule has 0 amide bonds. The number of benzene rings is 2. The van der Waals surface area contributed by atoms with Crippen LogP contribution in [0.5, 0.6) is 0 Å². The number of anilines is 2. The van der Waals surface area contributed by atoms with Gasteiger partial charge in [-0.15, -0.1) is 0 Å². The van der Waals surface area contributed by atoms with Gasteiger partial charge in [0, 0.05) is 16.9 Å². The highest BCUT2D eigenvalue weighted by atomic mass is 16.5. The molecule has 0 saturated heterocycles. The number of rotatable bonds is 4. The fraction of sp³-hybridized carbons (Fsp3) is 0.190. The van der Waals surface area contributed by atoms with E-state index < -0.39 is 0 Å². The Hall–Kier alpha value is -3.59. The molecule has 2 aromatic carbocycles. The zero-order valence-corrected chi connectivity index (χ0v) is 14.7. The molecule has 0 radical (unpaired) electrons. The average molecular weight is 357 g/mol. The number of nitrogens with zero attached hydrogens (tertiary/aromatic N) is 2. The second kappa shape index (κ2) is 6.96. The van der Waals surface area contributed by atoms with Crippen LogP contribution in [-0.4, -0.2) is 10.9 Å². The van der Waals surface area contributed by atoms with Gasteiger partial charge in [-0.05, 0) is 60.7 Å². The van der Waals surface area contributed by atoms with Crippen LogP contribution in [0, 0.1) is 16.7 Å². The number of nitrogen functional groups attached to an aromatic ring is 1. The molecule has 1 heterocycles. The van der Waals surface area contributed by atoms with Crippen LogP contribution in [0.3, 0.4) is 0 Å². The first-order chi connectivity index (χ1) is 13.2. The number of aromatic nitrogens is 1. The number of hydrogen-bond acceptors (Lipinski definition) is 6. The van der Waals surface area contributed by atoms with E-state index in [0.29, 0.717) is 22.4 Å². The molecule has 1 aromatic heterocycles. The highest BCUT2D eigenvalue weighted by Crippen LogP contribution is 2.34. The molecular weight excluding hydrogens is 338 g/mol. The summed E-state index contributed by atoms with van der Waals surface area (Å²) in [4.78, 5) is 0. The van der Waals surface area contributed by atoms with Gasteiger partial charge in [0.2, 0.25) is 0 Å². The van der Waals surface area contributed by atoms with E-state index in [1.807, 2.05) is 36.4 Å². The number of aryl methyl sites for hydroxylation is 1. The molecule has 4 rings (SSSR count). The molecule has 27 heavy (non-hydrogen) atoms. The summed E-state index contributed by atoms with van der Waals surface area (Å²) in [6.07, 6.45) is 6.02. The summed E-state index contributed by atoms with van der Waals surface area (Å²) in [5.74, 6) is 0. The van der Waals surface area contributed by atoms with Gasteiger partial charge in [-0.2, -0.15) is 5.26 Å². The van der Waals surface area contributed by atoms with Crippen LogP contribution in [-0.2, 0) is 6.42 Å². The maximum Gasteiger partial charge on any atom is 0.133 e. The SMILES string of the molecule is N#Cc1ccc2c(c1)CCCC2Nc1ccc(N)c(C(=N)c2cnoc2)c1. The molecule has 4 N–H and O–H groups in total. The van der Waals surface area contributed by atoms with Gasteiger partial charge >= 0.3 is 0 Å². The molecule has 0 bridgehead atoms. The lowest BCUT2D eigenvalue weighted by Crippen LogP contribution is -2.18. The van der Waals surface area contributed by atoms with E-state index in [4.69, 9.17) is 20.9 Å². The Bertz CT molecular complexity index is 1030. The van der Waals surface area contributed by atoms with Crippen molar-refractivity contribution in [2.24, 2.45) is 0 Å². The first-order valence-corrected chi connectivity index (χ1v) is 8.83. The molecule has 6 nitrogen and oxygen atoms in total. The maximum absolute atomic E-state index is 9.12. The Morgan fingerprint density at radius 3 is 2.96 bits per heavy atom. The van der Waals surface area contributed by atoms with Gasteiger partial charge in [0.1, 0.15) is 6.26 Å². The molecule has 1 aliphatic rings. The van der Waals surface area contributed by atoms with Crippen molar-refractivity contribution >= 4 is 17.1 Å². The van der Waals surface area contributed by atoms with E-state index >= 15 is 0 Å². The standard InChI is InChI=1S/C21H19N5O/c22-10-13-4-6-17-14(8-13)2-1-3-20(17)26-16-5-7-19(23)18(9-16)21(24)15-11-25-27-12-15/h4-9,11-12,20,24,26H,1-3,23H2. The van der Waals surface area contributed by atoms with Crippen LogP contribution < -0.4 is 11.1 Å². The van der Waals surface area contributed by atoms with Crippen molar-refractivity contribution in [2.45, 2.75) is 25.3 Å². The van der Waals surface area contributed by atoms with Crippen molar-refractivity contribution in [3.8, 4) is 6.07 Å². The van der Waals surface area contributed by atoms with E-state index in [1.165, 1.54) is 23.6 Å². The summed E-state index contributed by atoms with van der Waals surface area (Å²) >= 11 is 0. The first kappa shape index (κ1) is 16.9. The van der Waals surface area contributed by atoms with E-state index in [0.717, 1.165) is 24.9 Å². The Morgan fingerprint density at radius 2 is 2.19 bits per heavy atom. The fourth-order valence-electron chi connectivity index (χ4n) is 3.58. The van der Waals surface area contributed by atoms with Gasteiger partial charge in [-0.25, -0.2) is 0 Å². The quantitative estimate of drug-likeness (QED) is 0.482. The van der Waals surface area contributed by atoms with Crippen LogP contribution in [0.1, 0.15) is 46.7 Å². The fourth-order valence-corrected chi connectivity index (χ4v) is 3.58. The zero-order valence-electron chi connectivity index (χ0n) is 14.7. The molecule has 1 atom stereocenters. The van der Waals surface area contributed by atoms with Gasteiger partial charge in [0.05, 0.1) is 35.1 Å². The van der Waals surface area contributed by atoms with Crippen LogP contribution >= 0.6 is 0 Å². The molecule has 134 valence electrons. The molecule has 0 saturated carbocycles. The third-order valence-electron chi connectivity index (χ3n) is 4.97. The van der Waals surface area contributed by atoms with Crippen molar-refractivity contribution in [3.63, 3.8) is 0 Å². The molecule has 3 aromatic rings. The monoisotopic (exact) mass is 357 g/mol. The molecular formula is C21H19N5O. The number of nitriles is 1. The summed E-state index contributed by atoms with van der Waals surface area (Å²) < 4.78 is 4.84. The third-order valence-corrected chi connectivity index (χ3v) is 4.97. The van der Waals surface area contributed by atoms with Crippen molar-refractivity contribution in [2.75, 3.05) is 11.1 Å². The number of fused-ring (bicyclic) bond motifs is 1. The van der Waals surface area contributed by atoms with Crippen molar-refractivity contribution in [1.82, 2.24) is 5.16 Å². The van der Waals surface area contributed by atoms with Crippen molar-refractivity contribution in [3.05, 3.63) is 76.7 Å². The molecule has 0 aliphatic heterocycles. The van der Waals surface area contributed by atoms with Gasteiger partial charge in [-0.3, -0.25) is 5.41 Å². The number of nitrogens with one attached hydrogen (secondary N) is 2. The van der Waals surface area contributed by atoms with Crippen molar-refractivity contribution in [1.29, 1.82) is 10.7 Å². The molecule has 1 aliphatic carbocycles. The predicted molar refractivity (Wildman–Crippen MR) is 104 cm³/mol. The normalized spacial score (nSPS) is 15.6. The van der Waals surface area contributed by atoms with Gasteiger partial charge in [0.15, 0.2) is 0 Å². The first-order valence-electron chi connectivity index (χ1n) is 8.83. The zero-order chi connectivity index (χ0) is 18.8. The minimum atomic E-state index is 0.169. The lowest BCUT2D eigenvalue weighted by molar-refractivity contribution is 0.419. The summed E-state index contributed by atoms with van der Waals surface area (Å²) in [7, 11) is 0. The van der Waals surface area contributed by atoms with Crippen molar-refractivity contribution < 1.29 is 4.52 Å². The minimum Gasteiger partial charge on any atom is -0.398 e. The van der Waals surface area contributed by atoms with Crippen LogP contribution in [0.25, 0.3) is 0 Å². The molecule has 6 heteroatoms. The van der Waals surface area contributed by atoms with Crippen LogP contribution in [0.2, 0.25) is 0 Å². The van der Waals surface area contributed by atoms with E-state index in [-0.39, 0.29) is 11.8 Å². The van der Waals surface area contributed by atoms with Gasteiger partial charge in [0.25, 0.3) is 0 Å². The second-order valence-electron chi connectivity index (χ2n) is 6.70. The third kappa shape index (κ3) is 3.27. The lowest BCUT2D eigenvalue weighted by Gasteiger charge is -2.27. The Balaban J connectivity index is 1.62. The maximum atomic E-state index is 9.12. The number of hydrogen-bond donors (Lipinski definition) is 3. The molecule has 0 fully saturated rings. The molecule has 1 unspecified atom stereocenters. The summed E-state index contributed by atoms with van der Waals surface area (Å²) in [5.41, 5.74) is 12.2. The second-order valence-corrected chi connectivity index (χ2v) is 6.70. The smallest absolute Gasteiger partial charge is 0.133 e. The predicted octanol–water partition coefficient (Wildman–Crippen LogP) is 4.03. The minimum absolute atomic E-state index is 0.169. The summed E-state index contributed by atoms with van der Waals surface area (Å²) in [6, 6.07) is 13.9. The summed E-state index contributed by atoms with van der Waals surface area (Å²) in [6.45, 7) is 0. The summed E-state index contributed by atoms with van der Waals surface area (Å²) in [5, 5.41) is 24.7. The Morgan fingerprint density at radius 1 is 1.30 bits per heavy atom. The lowest BCUT2D eigenvalue weighted by atomic mass is 9.86. The van der Waals surface area contributed by atoms with Crippen LogP contribution in [0.15, 0.2) is 53.4 Å². The highest BCUT2D eigenvalue weighted by Gasteiger charge is 2.21. The van der Waals surface area contributed by atoms with Crippen LogP contribution in [0.4, 0.5) is 11.4 Å². The largest absolute Gasteiger partial charge is 0.398 e.